The Morgan fingerprint density at radius 3 is 2.63 bits per heavy atom. The predicted molar refractivity (Wildman–Crippen MR) is 73.7 cm³/mol. The zero-order chi connectivity index (χ0) is 14.0. The molecular weight excluding hydrogens is 245 g/mol. The number of hydrogen-bond acceptors (Lipinski definition) is 3. The van der Waals surface area contributed by atoms with Crippen LogP contribution in [0.25, 0.3) is 0 Å². The lowest BCUT2D eigenvalue weighted by molar-refractivity contribution is 0.166. The van der Waals surface area contributed by atoms with E-state index in [4.69, 9.17) is 15.2 Å². The maximum absolute atomic E-state index is 14.2. The third-order valence-corrected chi connectivity index (χ3v) is 3.49. The van der Waals surface area contributed by atoms with Gasteiger partial charge in [-0.25, -0.2) is 4.39 Å². The van der Waals surface area contributed by atoms with Gasteiger partial charge >= 0.3 is 0 Å². The summed E-state index contributed by atoms with van der Waals surface area (Å²) in [4.78, 5) is 0. The van der Waals surface area contributed by atoms with Gasteiger partial charge in [-0.2, -0.15) is 0 Å². The predicted octanol–water partition coefficient (Wildman–Crippen LogP) is 3.11. The van der Waals surface area contributed by atoms with Crippen LogP contribution in [0.1, 0.15) is 44.2 Å². The van der Waals surface area contributed by atoms with Crippen LogP contribution in [0.4, 0.5) is 4.39 Å². The molecule has 4 heteroatoms. The van der Waals surface area contributed by atoms with E-state index in [0.29, 0.717) is 31.1 Å². The Balaban J connectivity index is 2.49. The van der Waals surface area contributed by atoms with E-state index < -0.39 is 5.67 Å². The van der Waals surface area contributed by atoms with Crippen molar-refractivity contribution in [1.29, 1.82) is 0 Å². The molecule has 19 heavy (non-hydrogen) atoms. The van der Waals surface area contributed by atoms with Crippen LogP contribution in [-0.4, -0.2) is 19.8 Å². The summed E-state index contributed by atoms with van der Waals surface area (Å²) in [5.74, 6) is 1.62. The number of ether oxygens (including phenoxy) is 2. The van der Waals surface area contributed by atoms with Gasteiger partial charge in [-0.3, -0.25) is 0 Å². The normalized spacial score (nSPS) is 16.3. The van der Waals surface area contributed by atoms with Crippen molar-refractivity contribution in [2.75, 3.05) is 19.8 Å². The largest absolute Gasteiger partial charge is 0.486 e. The van der Waals surface area contributed by atoms with Gasteiger partial charge in [0.05, 0.1) is 0 Å². The molecule has 2 N–H and O–H groups in total. The Morgan fingerprint density at radius 1 is 1.32 bits per heavy atom. The molecule has 0 spiro atoms. The van der Waals surface area contributed by atoms with E-state index in [9.17, 15) is 4.39 Å². The highest BCUT2D eigenvalue weighted by Crippen LogP contribution is 2.42. The lowest BCUT2D eigenvalue weighted by atomic mass is 9.90. The summed E-state index contributed by atoms with van der Waals surface area (Å²) in [7, 11) is 0. The lowest BCUT2D eigenvalue weighted by Crippen LogP contribution is -2.20. The molecule has 1 aromatic rings. The molecule has 1 aliphatic rings. The molecule has 0 amide bonds. The molecule has 1 aromatic carbocycles. The number of alkyl halides is 1. The van der Waals surface area contributed by atoms with Crippen molar-refractivity contribution in [3.05, 3.63) is 23.3 Å². The smallest absolute Gasteiger partial charge is 0.164 e. The van der Waals surface area contributed by atoms with Crippen LogP contribution in [-0.2, 0) is 5.67 Å². The Labute approximate surface area is 113 Å². The van der Waals surface area contributed by atoms with Crippen LogP contribution >= 0.6 is 0 Å². The molecule has 0 saturated carbocycles. The Kier molecular flexibility index (Phi) is 3.99. The topological polar surface area (TPSA) is 44.5 Å². The molecule has 0 saturated heterocycles. The van der Waals surface area contributed by atoms with Gasteiger partial charge in [-0.05, 0) is 50.4 Å². The molecule has 1 unspecified atom stereocenters. The van der Waals surface area contributed by atoms with Crippen molar-refractivity contribution in [2.24, 2.45) is 5.73 Å². The Bertz CT molecular complexity index is 454. The quantitative estimate of drug-likeness (QED) is 0.911. The number of halogens is 1. The number of rotatable bonds is 4. The molecule has 0 aromatic heterocycles. The minimum atomic E-state index is -1.40. The summed E-state index contributed by atoms with van der Waals surface area (Å²) in [5.41, 5.74) is 5.83. The van der Waals surface area contributed by atoms with E-state index in [1.54, 1.807) is 19.9 Å². The third kappa shape index (κ3) is 3.00. The number of hydrogen-bond donors (Lipinski definition) is 1. The lowest BCUT2D eigenvalue weighted by Gasteiger charge is -2.26. The molecule has 1 aliphatic heterocycles. The number of benzene rings is 1. The average Bonchev–Trinajstić information content (AvgIpc) is 2.36. The van der Waals surface area contributed by atoms with Crippen molar-refractivity contribution < 1.29 is 13.9 Å². The Morgan fingerprint density at radius 2 is 2.00 bits per heavy atom. The summed E-state index contributed by atoms with van der Waals surface area (Å²) < 4.78 is 25.5. The first kappa shape index (κ1) is 14.1. The minimum absolute atomic E-state index is 0.225. The van der Waals surface area contributed by atoms with E-state index >= 15 is 0 Å². The highest BCUT2D eigenvalue weighted by molar-refractivity contribution is 5.52. The van der Waals surface area contributed by atoms with Gasteiger partial charge in [0.25, 0.3) is 0 Å². The van der Waals surface area contributed by atoms with Crippen molar-refractivity contribution >= 4 is 0 Å². The fourth-order valence-corrected chi connectivity index (χ4v) is 2.30. The first-order chi connectivity index (χ1) is 8.93. The number of nitrogens with two attached hydrogens (primary N) is 1. The summed E-state index contributed by atoms with van der Waals surface area (Å²) in [6.07, 6.45) is 0.839. The molecule has 0 fully saturated rings. The molecule has 0 aliphatic carbocycles. The third-order valence-electron chi connectivity index (χ3n) is 3.49. The first-order valence-electron chi connectivity index (χ1n) is 6.76. The van der Waals surface area contributed by atoms with Crippen LogP contribution in [0.15, 0.2) is 12.1 Å². The van der Waals surface area contributed by atoms with Crippen LogP contribution in [0.2, 0.25) is 0 Å². The van der Waals surface area contributed by atoms with Gasteiger partial charge in [0.2, 0.25) is 0 Å². The van der Waals surface area contributed by atoms with Crippen molar-refractivity contribution in [3.8, 4) is 11.5 Å². The highest BCUT2D eigenvalue weighted by Gasteiger charge is 2.26. The van der Waals surface area contributed by atoms with Crippen molar-refractivity contribution in [3.63, 3.8) is 0 Å². The zero-order valence-electron chi connectivity index (χ0n) is 11.8. The van der Waals surface area contributed by atoms with Gasteiger partial charge in [0.1, 0.15) is 18.9 Å². The maximum Gasteiger partial charge on any atom is 0.164 e. The van der Waals surface area contributed by atoms with E-state index in [-0.39, 0.29) is 5.92 Å². The standard InChI is InChI=1S/C15H22FNO2/c1-10(4-5-17)12-8-11(15(2,3)16)9-13-14(12)19-7-6-18-13/h8-10H,4-7,17H2,1-3H3. The fraction of sp³-hybridized carbons (Fsp3) is 0.600. The SMILES string of the molecule is CC(CCN)c1cc(C(C)(C)F)cc2c1OCCO2. The van der Waals surface area contributed by atoms with Crippen LogP contribution < -0.4 is 15.2 Å². The molecule has 1 atom stereocenters. The van der Waals surface area contributed by atoms with E-state index in [1.807, 2.05) is 6.07 Å². The van der Waals surface area contributed by atoms with Crippen LogP contribution in [0.5, 0.6) is 11.5 Å². The molecule has 3 nitrogen and oxygen atoms in total. The fourth-order valence-electron chi connectivity index (χ4n) is 2.30. The Hall–Kier alpha value is -1.29. The first-order valence-corrected chi connectivity index (χ1v) is 6.76. The monoisotopic (exact) mass is 267 g/mol. The minimum Gasteiger partial charge on any atom is -0.486 e. The summed E-state index contributed by atoms with van der Waals surface area (Å²) >= 11 is 0. The number of fused-ring (bicyclic) bond motifs is 1. The highest BCUT2D eigenvalue weighted by atomic mass is 19.1. The second-order valence-corrected chi connectivity index (χ2v) is 5.54. The summed E-state index contributed by atoms with van der Waals surface area (Å²) in [6.45, 7) is 6.82. The molecular formula is C15H22FNO2. The van der Waals surface area contributed by atoms with Gasteiger partial charge in [-0.1, -0.05) is 6.92 Å². The molecule has 106 valence electrons. The molecule has 0 bridgehead atoms. The van der Waals surface area contributed by atoms with Crippen LogP contribution in [0.3, 0.4) is 0 Å². The van der Waals surface area contributed by atoms with E-state index in [0.717, 1.165) is 17.7 Å². The van der Waals surface area contributed by atoms with Crippen molar-refractivity contribution in [2.45, 2.75) is 38.8 Å². The van der Waals surface area contributed by atoms with Gasteiger partial charge in [-0.15, -0.1) is 0 Å². The zero-order valence-corrected chi connectivity index (χ0v) is 11.8. The summed E-state index contributed by atoms with van der Waals surface area (Å²) in [6, 6.07) is 3.63. The van der Waals surface area contributed by atoms with Gasteiger partial charge in [0.15, 0.2) is 11.5 Å². The van der Waals surface area contributed by atoms with Crippen LogP contribution in [0, 0.1) is 0 Å². The second-order valence-electron chi connectivity index (χ2n) is 5.54. The van der Waals surface area contributed by atoms with Crippen molar-refractivity contribution in [1.82, 2.24) is 0 Å². The maximum atomic E-state index is 14.2. The van der Waals surface area contributed by atoms with Gasteiger partial charge < -0.3 is 15.2 Å². The molecule has 1 heterocycles. The molecule has 0 radical (unpaired) electrons. The summed E-state index contributed by atoms with van der Waals surface area (Å²) in [5, 5.41) is 0. The van der Waals surface area contributed by atoms with Gasteiger partial charge in [0, 0.05) is 5.56 Å². The van der Waals surface area contributed by atoms with E-state index in [2.05, 4.69) is 6.92 Å². The van der Waals surface area contributed by atoms with E-state index in [1.165, 1.54) is 0 Å². The molecule has 2 rings (SSSR count). The second kappa shape index (κ2) is 5.37. The average molecular weight is 267 g/mol.